The van der Waals surface area contributed by atoms with E-state index in [-0.39, 0.29) is 11.9 Å². The molecule has 1 atom stereocenters. The predicted molar refractivity (Wildman–Crippen MR) is 95.9 cm³/mol. The van der Waals surface area contributed by atoms with Gasteiger partial charge < -0.3 is 5.32 Å². The second-order valence-corrected chi connectivity index (χ2v) is 6.41. The van der Waals surface area contributed by atoms with Crippen molar-refractivity contribution in [2.24, 2.45) is 13.0 Å². The van der Waals surface area contributed by atoms with Gasteiger partial charge in [-0.1, -0.05) is 19.9 Å². The van der Waals surface area contributed by atoms with E-state index in [1.807, 2.05) is 25.2 Å². The Morgan fingerprint density at radius 1 is 1.15 bits per heavy atom. The molecule has 0 bridgehead atoms. The fourth-order valence-corrected chi connectivity index (χ4v) is 2.64. The van der Waals surface area contributed by atoms with Crippen LogP contribution in [0.25, 0.3) is 11.5 Å². The quantitative estimate of drug-likeness (QED) is 0.731. The van der Waals surface area contributed by atoms with Gasteiger partial charge in [-0.15, -0.1) is 0 Å². The zero-order valence-corrected chi connectivity index (χ0v) is 15.0. The molecule has 3 aromatic rings. The van der Waals surface area contributed by atoms with Crippen molar-refractivity contribution in [3.63, 3.8) is 0 Å². The minimum Gasteiger partial charge on any atom is -0.342 e. The minimum absolute atomic E-state index is 0.231. The molecule has 0 aliphatic heterocycles. The zero-order valence-electron chi connectivity index (χ0n) is 15.0. The summed E-state index contributed by atoms with van der Waals surface area (Å²) in [6.45, 7) is 4.20. The summed E-state index contributed by atoms with van der Waals surface area (Å²) >= 11 is 0. The van der Waals surface area contributed by atoms with Crippen LogP contribution in [0.3, 0.4) is 0 Å². The van der Waals surface area contributed by atoms with Crippen molar-refractivity contribution >= 4 is 5.91 Å². The van der Waals surface area contributed by atoms with Crippen LogP contribution in [0.15, 0.2) is 43.1 Å². The number of aromatic nitrogens is 6. The third kappa shape index (κ3) is 4.08. The number of pyridine rings is 1. The number of carbonyl (C=O) groups excluding carboxylic acids is 1. The van der Waals surface area contributed by atoms with Gasteiger partial charge in [0.05, 0.1) is 11.6 Å². The largest absolute Gasteiger partial charge is 0.342 e. The van der Waals surface area contributed by atoms with Gasteiger partial charge in [0.2, 0.25) is 0 Å². The smallest absolute Gasteiger partial charge is 0.255 e. The molecule has 3 heterocycles. The Kier molecular flexibility index (Phi) is 5.31. The van der Waals surface area contributed by atoms with Crippen LogP contribution in [0.5, 0.6) is 0 Å². The van der Waals surface area contributed by atoms with E-state index in [0.717, 1.165) is 12.2 Å². The summed E-state index contributed by atoms with van der Waals surface area (Å²) < 4.78 is 1.67. The van der Waals surface area contributed by atoms with Gasteiger partial charge in [0, 0.05) is 25.6 Å². The average molecular weight is 351 g/mol. The van der Waals surface area contributed by atoms with Crippen LogP contribution in [-0.4, -0.2) is 35.6 Å². The first-order chi connectivity index (χ1) is 12.5. The Hall–Kier alpha value is -3.16. The van der Waals surface area contributed by atoms with Gasteiger partial charge >= 0.3 is 0 Å². The SMILES string of the molecule is CC(C)C[C@H](NC(=O)c1cnc(-c2ccccn2)nc1)c1ncnn1C. The molecule has 0 aromatic carbocycles. The van der Waals surface area contributed by atoms with Gasteiger partial charge in [-0.3, -0.25) is 14.5 Å². The van der Waals surface area contributed by atoms with Crippen molar-refractivity contribution < 1.29 is 4.79 Å². The van der Waals surface area contributed by atoms with Gasteiger partial charge in [-0.25, -0.2) is 15.0 Å². The Bertz CT molecular complexity index is 859. The van der Waals surface area contributed by atoms with Gasteiger partial charge in [0.25, 0.3) is 5.91 Å². The van der Waals surface area contributed by atoms with Gasteiger partial charge in [0.1, 0.15) is 17.8 Å². The Balaban J connectivity index is 1.76. The third-order valence-corrected chi connectivity index (χ3v) is 3.88. The van der Waals surface area contributed by atoms with Crippen LogP contribution >= 0.6 is 0 Å². The number of rotatable bonds is 6. The number of amides is 1. The maximum Gasteiger partial charge on any atom is 0.255 e. The molecule has 1 N–H and O–H groups in total. The highest BCUT2D eigenvalue weighted by atomic mass is 16.1. The topological polar surface area (TPSA) is 98.5 Å². The standard InChI is InChI=1S/C18H21N7O/c1-12(2)8-15(17-22-11-23-25(17)3)24-18(26)13-9-20-16(21-10-13)14-6-4-5-7-19-14/h4-7,9-12,15H,8H2,1-3H3,(H,24,26)/t15-/m0/s1. The summed E-state index contributed by atoms with van der Waals surface area (Å²) in [7, 11) is 1.81. The first-order valence-electron chi connectivity index (χ1n) is 8.42. The highest BCUT2D eigenvalue weighted by Crippen LogP contribution is 2.19. The highest BCUT2D eigenvalue weighted by molar-refractivity contribution is 5.93. The van der Waals surface area contributed by atoms with Crippen molar-refractivity contribution in [1.29, 1.82) is 0 Å². The molecular formula is C18H21N7O. The molecule has 0 saturated heterocycles. The molecule has 8 nitrogen and oxygen atoms in total. The maximum absolute atomic E-state index is 12.6. The van der Waals surface area contributed by atoms with Crippen LogP contribution in [0.2, 0.25) is 0 Å². The van der Waals surface area contributed by atoms with E-state index in [1.165, 1.54) is 18.7 Å². The van der Waals surface area contributed by atoms with Crippen molar-refractivity contribution in [2.75, 3.05) is 0 Å². The molecule has 0 saturated carbocycles. The predicted octanol–water partition coefficient (Wildman–Crippen LogP) is 2.18. The number of nitrogens with zero attached hydrogens (tertiary/aromatic N) is 6. The van der Waals surface area contributed by atoms with Crippen LogP contribution in [0, 0.1) is 5.92 Å². The van der Waals surface area contributed by atoms with E-state index in [2.05, 4.69) is 44.2 Å². The normalized spacial score (nSPS) is 12.2. The number of nitrogens with one attached hydrogen (secondary N) is 1. The maximum atomic E-state index is 12.6. The lowest BCUT2D eigenvalue weighted by molar-refractivity contribution is 0.0928. The van der Waals surface area contributed by atoms with Gasteiger partial charge in [0.15, 0.2) is 5.82 Å². The second kappa shape index (κ2) is 7.81. The molecule has 0 radical (unpaired) electrons. The monoisotopic (exact) mass is 351 g/mol. The lowest BCUT2D eigenvalue weighted by Crippen LogP contribution is -2.31. The number of hydrogen-bond acceptors (Lipinski definition) is 6. The first kappa shape index (κ1) is 17.7. The highest BCUT2D eigenvalue weighted by Gasteiger charge is 2.21. The van der Waals surface area contributed by atoms with Crippen LogP contribution < -0.4 is 5.32 Å². The van der Waals surface area contributed by atoms with Crippen LogP contribution in [0.1, 0.15) is 42.5 Å². The molecule has 8 heteroatoms. The van der Waals surface area contributed by atoms with Crippen molar-refractivity contribution in [1.82, 2.24) is 35.0 Å². The Morgan fingerprint density at radius 3 is 2.50 bits per heavy atom. The number of aryl methyl sites for hydroxylation is 1. The third-order valence-electron chi connectivity index (χ3n) is 3.88. The molecule has 3 rings (SSSR count). The Labute approximate surface area is 151 Å². The van der Waals surface area contributed by atoms with Crippen molar-refractivity contribution in [3.8, 4) is 11.5 Å². The van der Waals surface area contributed by atoms with E-state index in [4.69, 9.17) is 0 Å². The van der Waals surface area contributed by atoms with Crippen LogP contribution in [0.4, 0.5) is 0 Å². The number of carbonyl (C=O) groups is 1. The van der Waals surface area contributed by atoms with Crippen molar-refractivity contribution in [3.05, 3.63) is 54.5 Å². The molecule has 0 spiro atoms. The van der Waals surface area contributed by atoms with E-state index >= 15 is 0 Å². The van der Waals surface area contributed by atoms with E-state index < -0.39 is 0 Å². The van der Waals surface area contributed by atoms with Crippen molar-refractivity contribution in [2.45, 2.75) is 26.3 Å². The minimum atomic E-state index is -0.244. The molecule has 26 heavy (non-hydrogen) atoms. The summed E-state index contributed by atoms with van der Waals surface area (Å²) in [6.07, 6.45) is 6.94. The van der Waals surface area contributed by atoms with Gasteiger partial charge in [-0.2, -0.15) is 5.10 Å². The summed E-state index contributed by atoms with van der Waals surface area (Å²) in [5.74, 6) is 1.35. The first-order valence-corrected chi connectivity index (χ1v) is 8.42. The zero-order chi connectivity index (χ0) is 18.5. The molecule has 3 aromatic heterocycles. The molecule has 0 aliphatic rings. The molecule has 0 unspecified atom stereocenters. The van der Waals surface area contributed by atoms with Gasteiger partial charge in [-0.05, 0) is 24.5 Å². The molecule has 0 aliphatic carbocycles. The Morgan fingerprint density at radius 2 is 1.92 bits per heavy atom. The lowest BCUT2D eigenvalue weighted by atomic mass is 10.0. The molecule has 0 fully saturated rings. The molecule has 1 amide bonds. The fraction of sp³-hybridized carbons (Fsp3) is 0.333. The molecular weight excluding hydrogens is 330 g/mol. The fourth-order valence-electron chi connectivity index (χ4n) is 2.64. The van der Waals surface area contributed by atoms with E-state index in [0.29, 0.717) is 23.0 Å². The summed E-state index contributed by atoms with van der Waals surface area (Å²) in [6, 6.07) is 5.28. The van der Waals surface area contributed by atoms with Crippen LogP contribution in [-0.2, 0) is 7.05 Å². The average Bonchev–Trinajstić information content (AvgIpc) is 3.07. The molecule has 134 valence electrons. The summed E-state index contributed by atoms with van der Waals surface area (Å²) in [5.41, 5.74) is 1.05. The lowest BCUT2D eigenvalue weighted by Gasteiger charge is -2.19. The number of hydrogen-bond donors (Lipinski definition) is 1. The van der Waals surface area contributed by atoms with E-state index in [1.54, 1.807) is 10.9 Å². The summed E-state index contributed by atoms with van der Waals surface area (Å²) in [5, 5.41) is 7.10. The second-order valence-electron chi connectivity index (χ2n) is 6.41. The summed E-state index contributed by atoms with van der Waals surface area (Å²) in [4.78, 5) is 29.6. The van der Waals surface area contributed by atoms with E-state index in [9.17, 15) is 4.79 Å².